The van der Waals surface area contributed by atoms with Crippen LogP contribution in [0.4, 0.5) is 0 Å². The zero-order valence-corrected chi connectivity index (χ0v) is 12.9. The van der Waals surface area contributed by atoms with E-state index in [9.17, 15) is 0 Å². The van der Waals surface area contributed by atoms with Gasteiger partial charge in [-0.2, -0.15) is 0 Å². The second-order valence-electron chi connectivity index (χ2n) is 6.59. The minimum absolute atomic E-state index is 0.837. The van der Waals surface area contributed by atoms with Crippen molar-refractivity contribution in [2.24, 2.45) is 11.8 Å². The van der Waals surface area contributed by atoms with E-state index in [0.29, 0.717) is 0 Å². The Labute approximate surface area is 120 Å². The number of hydrogen-bond donors (Lipinski definition) is 0. The molecule has 0 spiro atoms. The highest BCUT2D eigenvalue weighted by Gasteiger charge is 2.29. The second kappa shape index (κ2) is 8.61. The van der Waals surface area contributed by atoms with Gasteiger partial charge in [0.15, 0.2) is 0 Å². The lowest BCUT2D eigenvalue weighted by atomic mass is 9.98. The first-order chi connectivity index (χ1) is 9.40. The van der Waals surface area contributed by atoms with Crippen molar-refractivity contribution in [3.05, 3.63) is 23.8 Å². The Morgan fingerprint density at radius 1 is 0.947 bits per heavy atom. The summed E-state index contributed by atoms with van der Waals surface area (Å²) in [7, 11) is 0. The number of allylic oxidation sites excluding steroid dienone is 4. The Morgan fingerprint density at radius 2 is 1.63 bits per heavy atom. The highest BCUT2D eigenvalue weighted by molar-refractivity contribution is 5.26. The number of rotatable bonds is 10. The van der Waals surface area contributed by atoms with E-state index in [1.165, 1.54) is 77.0 Å². The van der Waals surface area contributed by atoms with Gasteiger partial charge in [-0.15, -0.1) is 0 Å². The highest BCUT2D eigenvalue weighted by atomic mass is 14.3. The lowest BCUT2D eigenvalue weighted by Gasteiger charge is -2.07. The first-order valence-corrected chi connectivity index (χ1v) is 8.77. The maximum absolute atomic E-state index is 2.56. The van der Waals surface area contributed by atoms with Gasteiger partial charge in [0.25, 0.3) is 0 Å². The average molecular weight is 260 g/mol. The van der Waals surface area contributed by atoms with Crippen LogP contribution in [0.1, 0.15) is 84.0 Å². The minimum atomic E-state index is 0.837. The predicted molar refractivity (Wildman–Crippen MR) is 85.3 cm³/mol. The molecule has 108 valence electrons. The fourth-order valence-electron chi connectivity index (χ4n) is 3.63. The molecule has 0 aromatic rings. The number of hydrogen-bond acceptors (Lipinski definition) is 0. The molecule has 0 nitrogen and oxygen atoms in total. The molecule has 0 amide bonds. The fourth-order valence-corrected chi connectivity index (χ4v) is 3.63. The molecule has 2 aliphatic rings. The molecule has 0 N–H and O–H groups in total. The van der Waals surface area contributed by atoms with E-state index in [2.05, 4.69) is 25.2 Å². The third-order valence-electron chi connectivity index (χ3n) is 4.86. The summed E-state index contributed by atoms with van der Waals surface area (Å²) in [6, 6.07) is 0. The molecule has 0 aromatic carbocycles. The molecular formula is C19H32. The van der Waals surface area contributed by atoms with Crippen molar-refractivity contribution in [1.82, 2.24) is 0 Å². The first-order valence-electron chi connectivity index (χ1n) is 8.77. The van der Waals surface area contributed by atoms with Gasteiger partial charge in [0.2, 0.25) is 0 Å². The summed E-state index contributed by atoms with van der Waals surface area (Å²) in [5.41, 5.74) is 1.76. The lowest BCUT2D eigenvalue weighted by Crippen LogP contribution is -1.92. The van der Waals surface area contributed by atoms with E-state index in [1.54, 1.807) is 5.57 Å². The summed E-state index contributed by atoms with van der Waals surface area (Å²) in [6.45, 7) is 2.29. The summed E-state index contributed by atoms with van der Waals surface area (Å²) >= 11 is 0. The summed E-state index contributed by atoms with van der Waals surface area (Å²) in [5.74, 6) is 1.74. The molecule has 0 heteroatoms. The molecule has 0 aliphatic heterocycles. The van der Waals surface area contributed by atoms with Crippen LogP contribution in [0.3, 0.4) is 0 Å². The molecule has 1 saturated carbocycles. The quantitative estimate of drug-likeness (QED) is 0.313. The molecule has 2 unspecified atom stereocenters. The van der Waals surface area contributed by atoms with Crippen LogP contribution in [0.15, 0.2) is 23.8 Å². The SMILES string of the molecule is CCCCCCCCCCC/C=C1\CC2C=CC1C2. The second-order valence-corrected chi connectivity index (χ2v) is 6.59. The molecular weight excluding hydrogens is 228 g/mol. The van der Waals surface area contributed by atoms with Gasteiger partial charge >= 0.3 is 0 Å². The Morgan fingerprint density at radius 3 is 2.21 bits per heavy atom. The summed E-state index contributed by atoms with van der Waals surface area (Å²) < 4.78 is 0. The van der Waals surface area contributed by atoms with Crippen molar-refractivity contribution >= 4 is 0 Å². The molecule has 2 atom stereocenters. The maximum Gasteiger partial charge on any atom is -0.00173 e. The Hall–Kier alpha value is -0.520. The predicted octanol–water partition coefficient (Wildman–Crippen LogP) is 6.43. The smallest absolute Gasteiger partial charge is 0.00173 e. The molecule has 0 aromatic heterocycles. The molecule has 2 aliphatic carbocycles. The summed E-state index contributed by atoms with van der Waals surface area (Å²) in [5, 5.41) is 0. The van der Waals surface area contributed by atoms with Crippen molar-refractivity contribution in [1.29, 1.82) is 0 Å². The topological polar surface area (TPSA) is 0 Å². The van der Waals surface area contributed by atoms with E-state index in [0.717, 1.165) is 11.8 Å². The van der Waals surface area contributed by atoms with E-state index in [-0.39, 0.29) is 0 Å². The zero-order valence-electron chi connectivity index (χ0n) is 12.9. The van der Waals surface area contributed by atoms with Crippen LogP contribution in [0.2, 0.25) is 0 Å². The van der Waals surface area contributed by atoms with E-state index < -0.39 is 0 Å². The molecule has 2 rings (SSSR count). The molecule has 0 heterocycles. The van der Waals surface area contributed by atoms with Crippen LogP contribution in [0, 0.1) is 11.8 Å². The lowest BCUT2D eigenvalue weighted by molar-refractivity contribution is 0.566. The first kappa shape index (κ1) is 14.9. The third kappa shape index (κ3) is 5.16. The van der Waals surface area contributed by atoms with E-state index in [1.807, 2.05) is 0 Å². The Balaban J connectivity index is 1.41. The van der Waals surface area contributed by atoms with Crippen molar-refractivity contribution in [3.63, 3.8) is 0 Å². The maximum atomic E-state index is 2.56. The summed E-state index contributed by atoms with van der Waals surface area (Å²) in [6.07, 6.45) is 24.5. The number of fused-ring (bicyclic) bond motifs is 2. The number of unbranched alkanes of at least 4 members (excludes halogenated alkanes) is 9. The largest absolute Gasteiger partial charge is 0.0847 e. The standard InChI is InChI=1S/C19H32/c1-2-3-4-5-6-7-8-9-10-11-12-18-15-17-13-14-19(18)16-17/h12-14,17,19H,2-11,15-16H2,1H3/b18-12+. The van der Waals surface area contributed by atoms with Gasteiger partial charge in [-0.25, -0.2) is 0 Å². The van der Waals surface area contributed by atoms with Crippen LogP contribution in [0.25, 0.3) is 0 Å². The van der Waals surface area contributed by atoms with Crippen LogP contribution in [-0.4, -0.2) is 0 Å². The van der Waals surface area contributed by atoms with Crippen molar-refractivity contribution in [3.8, 4) is 0 Å². The molecule has 0 radical (unpaired) electrons. The average Bonchev–Trinajstić information content (AvgIpc) is 3.03. The zero-order chi connectivity index (χ0) is 13.3. The molecule has 1 fully saturated rings. The van der Waals surface area contributed by atoms with Gasteiger partial charge in [-0.3, -0.25) is 0 Å². The van der Waals surface area contributed by atoms with Crippen molar-refractivity contribution in [2.45, 2.75) is 84.0 Å². The van der Waals surface area contributed by atoms with Gasteiger partial charge in [0.05, 0.1) is 0 Å². The Kier molecular flexibility index (Phi) is 6.74. The van der Waals surface area contributed by atoms with Gasteiger partial charge in [-0.05, 0) is 37.5 Å². The van der Waals surface area contributed by atoms with Crippen LogP contribution < -0.4 is 0 Å². The highest BCUT2D eigenvalue weighted by Crippen LogP contribution is 2.43. The van der Waals surface area contributed by atoms with Crippen LogP contribution >= 0.6 is 0 Å². The van der Waals surface area contributed by atoms with Gasteiger partial charge in [-0.1, -0.05) is 82.1 Å². The monoisotopic (exact) mass is 260 g/mol. The van der Waals surface area contributed by atoms with Crippen LogP contribution in [-0.2, 0) is 0 Å². The molecule has 2 bridgehead atoms. The van der Waals surface area contributed by atoms with Crippen molar-refractivity contribution < 1.29 is 0 Å². The molecule has 19 heavy (non-hydrogen) atoms. The third-order valence-corrected chi connectivity index (χ3v) is 4.86. The van der Waals surface area contributed by atoms with Crippen molar-refractivity contribution in [2.75, 3.05) is 0 Å². The summed E-state index contributed by atoms with van der Waals surface area (Å²) in [4.78, 5) is 0. The van der Waals surface area contributed by atoms with E-state index >= 15 is 0 Å². The Bertz CT molecular complexity index is 297. The molecule has 0 saturated heterocycles. The normalized spacial score (nSPS) is 26.7. The van der Waals surface area contributed by atoms with E-state index in [4.69, 9.17) is 0 Å². The minimum Gasteiger partial charge on any atom is -0.0847 e. The van der Waals surface area contributed by atoms with Gasteiger partial charge in [0, 0.05) is 0 Å². The van der Waals surface area contributed by atoms with Crippen LogP contribution in [0.5, 0.6) is 0 Å². The van der Waals surface area contributed by atoms with Gasteiger partial charge in [0.1, 0.15) is 0 Å². The fraction of sp³-hybridized carbons (Fsp3) is 0.789. The van der Waals surface area contributed by atoms with Gasteiger partial charge < -0.3 is 0 Å².